The molecule has 6 aliphatic carbocycles. The van der Waals surface area contributed by atoms with Crippen LogP contribution in [0.15, 0.2) is 60.7 Å². The Labute approximate surface area is 261 Å². The first-order valence-electron chi connectivity index (χ1n) is 18.2. The number of benzene rings is 2. The molecule has 2 aromatic carbocycles. The summed E-state index contributed by atoms with van der Waals surface area (Å²) < 4.78 is 2.77. The van der Waals surface area contributed by atoms with E-state index in [0.29, 0.717) is 5.92 Å². The van der Waals surface area contributed by atoms with Crippen LogP contribution in [0.3, 0.4) is 0 Å². The zero-order valence-electron chi connectivity index (χ0n) is 25.7. The van der Waals surface area contributed by atoms with Crippen LogP contribution >= 0.6 is 11.3 Å². The molecule has 8 unspecified atom stereocenters. The van der Waals surface area contributed by atoms with Gasteiger partial charge in [0, 0.05) is 37.3 Å². The molecule has 43 heavy (non-hydrogen) atoms. The number of thiophene rings is 1. The Hall–Kier alpha value is -2.19. The van der Waals surface area contributed by atoms with Crippen molar-refractivity contribution >= 4 is 31.5 Å². The SMILES string of the molecule is c1cc(-c2ccc3sc4ccccc4c3c2)nc(C2CC3C4CCCCC4C4CCCC5C6CCCCC6C(C2)C3C45)c1. The van der Waals surface area contributed by atoms with Gasteiger partial charge in [0.1, 0.15) is 0 Å². The van der Waals surface area contributed by atoms with Gasteiger partial charge in [0.25, 0.3) is 0 Å². The van der Waals surface area contributed by atoms with Crippen molar-refractivity contribution in [3.8, 4) is 11.3 Å². The maximum atomic E-state index is 5.55. The van der Waals surface area contributed by atoms with Gasteiger partial charge >= 0.3 is 0 Å². The van der Waals surface area contributed by atoms with Gasteiger partial charge in [-0.3, -0.25) is 4.98 Å². The number of nitrogens with zero attached hydrogens (tertiary/aromatic N) is 1. The van der Waals surface area contributed by atoms with Gasteiger partial charge in [-0.15, -0.1) is 11.3 Å². The third-order valence-corrected chi connectivity index (χ3v) is 15.6. The second kappa shape index (κ2) is 10.2. The van der Waals surface area contributed by atoms with Gasteiger partial charge in [-0.1, -0.05) is 62.4 Å². The highest BCUT2D eigenvalue weighted by molar-refractivity contribution is 7.25. The summed E-state index contributed by atoms with van der Waals surface area (Å²) in [6.45, 7) is 0. The van der Waals surface area contributed by atoms with Crippen molar-refractivity contribution in [3.05, 3.63) is 66.4 Å². The lowest BCUT2D eigenvalue weighted by Crippen LogP contribution is -2.61. The molecule has 6 fully saturated rings. The normalized spacial score (nSPS) is 40.0. The smallest absolute Gasteiger partial charge is 0.0705 e. The third-order valence-electron chi connectivity index (χ3n) is 14.4. The van der Waals surface area contributed by atoms with Crippen molar-refractivity contribution in [2.75, 3.05) is 0 Å². The van der Waals surface area contributed by atoms with E-state index in [4.69, 9.17) is 4.98 Å². The molecule has 8 atom stereocenters. The Morgan fingerprint density at radius 1 is 0.512 bits per heavy atom. The van der Waals surface area contributed by atoms with Gasteiger partial charge in [-0.05, 0) is 141 Å². The van der Waals surface area contributed by atoms with E-state index < -0.39 is 0 Å². The van der Waals surface area contributed by atoms with Crippen LogP contribution in [0.25, 0.3) is 31.4 Å². The maximum Gasteiger partial charge on any atom is 0.0705 e. The molecule has 0 spiro atoms. The quantitative estimate of drug-likeness (QED) is 0.228. The minimum Gasteiger partial charge on any atom is -0.253 e. The van der Waals surface area contributed by atoms with Crippen molar-refractivity contribution in [2.45, 2.75) is 89.4 Å². The maximum absolute atomic E-state index is 5.55. The van der Waals surface area contributed by atoms with E-state index in [2.05, 4.69) is 60.7 Å². The molecule has 2 aromatic heterocycles. The van der Waals surface area contributed by atoms with E-state index in [1.165, 1.54) is 88.5 Å². The molecule has 6 saturated carbocycles. The standard InChI is InChI=1S/C41H47NS/c1-3-11-28-26(9-1)31-14-7-15-32-27-10-2-4-12-29(27)35-23-25(22-34(28)41(35)40(31)32)37-17-8-16-36(42-37)24-19-20-39-33(21-24)30-13-5-6-18-38(30)43-39/h5-6,8,13,16-21,25-29,31-32,34-35,40-41H,1-4,7,9-12,14-15,22-23H2. The molecule has 0 N–H and O–H groups in total. The molecule has 0 radical (unpaired) electrons. The number of aromatic nitrogens is 1. The molecule has 10 rings (SSSR count). The fourth-order valence-electron chi connectivity index (χ4n) is 13.2. The van der Waals surface area contributed by atoms with Gasteiger partial charge in [-0.25, -0.2) is 0 Å². The number of hydrogen-bond donors (Lipinski definition) is 0. The summed E-state index contributed by atoms with van der Waals surface area (Å²) in [4.78, 5) is 5.55. The fraction of sp³-hybridized carbons (Fsp3) is 0.585. The Morgan fingerprint density at radius 3 is 1.84 bits per heavy atom. The van der Waals surface area contributed by atoms with Crippen molar-refractivity contribution in [1.82, 2.24) is 4.98 Å². The average molecular weight is 586 g/mol. The summed E-state index contributed by atoms with van der Waals surface area (Å²) in [6.07, 6.45) is 19.8. The highest BCUT2D eigenvalue weighted by atomic mass is 32.1. The van der Waals surface area contributed by atoms with Gasteiger partial charge in [0.05, 0.1) is 5.69 Å². The lowest BCUT2D eigenvalue weighted by Gasteiger charge is -2.68. The van der Waals surface area contributed by atoms with Gasteiger partial charge in [0.2, 0.25) is 0 Å². The number of hydrogen-bond acceptors (Lipinski definition) is 2. The molecule has 0 aliphatic heterocycles. The minimum absolute atomic E-state index is 0.652. The molecule has 2 heteroatoms. The second-order valence-electron chi connectivity index (χ2n) is 15.9. The van der Waals surface area contributed by atoms with E-state index in [-0.39, 0.29) is 0 Å². The molecular weight excluding hydrogens is 539 g/mol. The first-order valence-corrected chi connectivity index (χ1v) is 19.0. The lowest BCUT2D eigenvalue weighted by molar-refractivity contribution is -0.189. The Morgan fingerprint density at radius 2 is 1.12 bits per heavy atom. The van der Waals surface area contributed by atoms with Crippen LogP contribution in [0.2, 0.25) is 0 Å². The fourth-order valence-corrected chi connectivity index (χ4v) is 14.3. The Kier molecular flexibility index (Phi) is 6.16. The number of pyridine rings is 1. The summed E-state index contributed by atoms with van der Waals surface area (Å²) >= 11 is 1.91. The van der Waals surface area contributed by atoms with Crippen LogP contribution in [0.1, 0.15) is 95.1 Å². The van der Waals surface area contributed by atoms with Crippen LogP contribution in [0.4, 0.5) is 0 Å². The molecular formula is C41H47NS. The minimum atomic E-state index is 0.652. The summed E-state index contributed by atoms with van der Waals surface area (Å²) in [5.41, 5.74) is 3.89. The van der Waals surface area contributed by atoms with Gasteiger partial charge < -0.3 is 0 Å². The topological polar surface area (TPSA) is 12.9 Å². The largest absolute Gasteiger partial charge is 0.253 e. The zero-order chi connectivity index (χ0) is 28.1. The van der Waals surface area contributed by atoms with Crippen molar-refractivity contribution in [1.29, 1.82) is 0 Å². The summed E-state index contributed by atoms with van der Waals surface area (Å²) in [6, 6.07) is 23.0. The third kappa shape index (κ3) is 3.96. The summed E-state index contributed by atoms with van der Waals surface area (Å²) in [5, 5.41) is 2.77. The highest BCUT2D eigenvalue weighted by Gasteiger charge is 2.63. The molecule has 0 bridgehead atoms. The Bertz CT molecular complexity index is 1620. The van der Waals surface area contributed by atoms with E-state index in [1.807, 2.05) is 11.3 Å². The van der Waals surface area contributed by atoms with E-state index in [0.717, 1.165) is 59.2 Å². The molecule has 0 amide bonds. The number of fused-ring (bicyclic) bond motifs is 9. The van der Waals surface area contributed by atoms with E-state index in [9.17, 15) is 0 Å². The van der Waals surface area contributed by atoms with Crippen LogP contribution in [0, 0.1) is 59.2 Å². The van der Waals surface area contributed by atoms with Crippen molar-refractivity contribution in [3.63, 3.8) is 0 Å². The van der Waals surface area contributed by atoms with Gasteiger partial charge in [0.15, 0.2) is 0 Å². The van der Waals surface area contributed by atoms with Gasteiger partial charge in [-0.2, -0.15) is 0 Å². The van der Waals surface area contributed by atoms with Crippen molar-refractivity contribution in [2.24, 2.45) is 59.2 Å². The molecule has 2 heterocycles. The molecule has 1 nitrogen and oxygen atoms in total. The zero-order valence-corrected chi connectivity index (χ0v) is 26.5. The highest BCUT2D eigenvalue weighted by Crippen LogP contribution is 2.70. The van der Waals surface area contributed by atoms with Crippen LogP contribution in [0.5, 0.6) is 0 Å². The van der Waals surface area contributed by atoms with E-state index in [1.54, 1.807) is 32.1 Å². The monoisotopic (exact) mass is 585 g/mol. The predicted molar refractivity (Wildman–Crippen MR) is 180 cm³/mol. The van der Waals surface area contributed by atoms with Crippen molar-refractivity contribution < 1.29 is 0 Å². The first-order chi connectivity index (χ1) is 21.3. The Balaban J connectivity index is 1.04. The number of rotatable bonds is 2. The molecule has 222 valence electrons. The molecule has 0 saturated heterocycles. The molecule has 6 aliphatic rings. The first kappa shape index (κ1) is 26.1. The summed E-state index contributed by atoms with van der Waals surface area (Å²) in [5.74, 6) is 11.0. The van der Waals surface area contributed by atoms with E-state index >= 15 is 0 Å². The second-order valence-corrected chi connectivity index (χ2v) is 17.0. The van der Waals surface area contributed by atoms with Crippen LogP contribution in [-0.2, 0) is 0 Å². The van der Waals surface area contributed by atoms with Crippen LogP contribution in [-0.4, -0.2) is 4.98 Å². The lowest BCUT2D eigenvalue weighted by atomic mass is 9.37. The summed E-state index contributed by atoms with van der Waals surface area (Å²) in [7, 11) is 0. The predicted octanol–water partition coefficient (Wildman–Crippen LogP) is 11.5. The average Bonchev–Trinajstić information content (AvgIpc) is 3.46. The molecule has 4 aromatic rings. The van der Waals surface area contributed by atoms with Crippen LogP contribution < -0.4 is 0 Å².